The van der Waals surface area contributed by atoms with Crippen LogP contribution in [0.1, 0.15) is 38.4 Å². The molecule has 1 fully saturated rings. The number of hydrogen-bond donors (Lipinski definition) is 0. The number of hydrogen-bond acceptors (Lipinski definition) is 5. The summed E-state index contributed by atoms with van der Waals surface area (Å²) in [5.41, 5.74) is 3.18. The molecule has 2 aromatic rings. The lowest BCUT2D eigenvalue weighted by molar-refractivity contribution is -0.131. The number of amides is 1. The van der Waals surface area contributed by atoms with Gasteiger partial charge in [-0.1, -0.05) is 37.3 Å². The highest BCUT2D eigenvalue weighted by molar-refractivity contribution is 5.76. The van der Waals surface area contributed by atoms with Crippen molar-refractivity contribution in [3.05, 3.63) is 41.6 Å². The van der Waals surface area contributed by atoms with E-state index in [0.717, 1.165) is 54.5 Å². The van der Waals surface area contributed by atoms with Gasteiger partial charge in [0.05, 0.1) is 24.4 Å². The molecule has 28 heavy (non-hydrogen) atoms. The minimum atomic E-state index is 0.145. The minimum Gasteiger partial charge on any atom is -0.372 e. The fourth-order valence-electron chi connectivity index (χ4n) is 4.16. The van der Waals surface area contributed by atoms with E-state index < -0.39 is 0 Å². The zero-order valence-corrected chi connectivity index (χ0v) is 16.9. The molecule has 0 N–H and O–H groups in total. The van der Waals surface area contributed by atoms with Crippen LogP contribution in [0.15, 0.2) is 30.3 Å². The molecule has 3 heterocycles. The lowest BCUT2D eigenvalue weighted by Crippen LogP contribution is -2.47. The van der Waals surface area contributed by atoms with E-state index in [-0.39, 0.29) is 18.1 Å². The summed E-state index contributed by atoms with van der Waals surface area (Å²) in [6, 6.07) is 10.1. The van der Waals surface area contributed by atoms with Gasteiger partial charge in [-0.05, 0) is 13.8 Å². The first kappa shape index (κ1) is 18.9. The van der Waals surface area contributed by atoms with Gasteiger partial charge in [0.25, 0.3) is 0 Å². The highest BCUT2D eigenvalue weighted by Crippen LogP contribution is 2.31. The van der Waals surface area contributed by atoms with Crippen LogP contribution in [0.3, 0.4) is 0 Å². The smallest absolute Gasteiger partial charge is 0.222 e. The number of fused-ring (bicyclic) bond motifs is 1. The molecule has 0 radical (unpaired) electrons. The lowest BCUT2D eigenvalue weighted by Gasteiger charge is -2.39. The molecule has 6 heteroatoms. The van der Waals surface area contributed by atoms with E-state index in [1.807, 2.05) is 42.2 Å². The zero-order chi connectivity index (χ0) is 19.7. The SMILES string of the molecule is CCC(=O)N1CCc2nc(-c3ccccc3)nc(N3C[C@H](C)O[C@@H](C)C3)c2C1. The van der Waals surface area contributed by atoms with Crippen molar-refractivity contribution in [1.29, 1.82) is 0 Å². The number of anilines is 1. The van der Waals surface area contributed by atoms with Gasteiger partial charge in [-0.25, -0.2) is 9.97 Å². The van der Waals surface area contributed by atoms with Gasteiger partial charge in [0.15, 0.2) is 5.82 Å². The van der Waals surface area contributed by atoms with Crippen molar-refractivity contribution in [1.82, 2.24) is 14.9 Å². The normalized spacial score (nSPS) is 22.1. The summed E-state index contributed by atoms with van der Waals surface area (Å²) >= 11 is 0. The van der Waals surface area contributed by atoms with Crippen LogP contribution < -0.4 is 4.90 Å². The van der Waals surface area contributed by atoms with Gasteiger partial charge in [-0.3, -0.25) is 4.79 Å². The van der Waals surface area contributed by atoms with Crippen molar-refractivity contribution in [2.75, 3.05) is 24.5 Å². The van der Waals surface area contributed by atoms with Crippen LogP contribution in [-0.2, 0) is 22.5 Å². The first-order valence-corrected chi connectivity index (χ1v) is 10.2. The van der Waals surface area contributed by atoms with E-state index in [1.165, 1.54) is 0 Å². The molecule has 0 unspecified atom stereocenters. The first-order chi connectivity index (χ1) is 13.5. The number of morpholine rings is 1. The Morgan fingerprint density at radius 2 is 1.86 bits per heavy atom. The van der Waals surface area contributed by atoms with Crippen LogP contribution in [-0.4, -0.2) is 52.6 Å². The van der Waals surface area contributed by atoms with Gasteiger partial charge in [0.2, 0.25) is 5.91 Å². The maximum absolute atomic E-state index is 12.3. The molecule has 4 rings (SSSR count). The third-order valence-corrected chi connectivity index (χ3v) is 5.44. The third kappa shape index (κ3) is 3.74. The summed E-state index contributed by atoms with van der Waals surface area (Å²) in [7, 11) is 0. The molecule has 1 aromatic carbocycles. The maximum atomic E-state index is 12.3. The molecular weight excluding hydrogens is 352 g/mol. The summed E-state index contributed by atoms with van der Waals surface area (Å²) in [6.45, 7) is 9.02. The molecule has 148 valence electrons. The number of benzene rings is 1. The summed E-state index contributed by atoms with van der Waals surface area (Å²) in [6.07, 6.45) is 1.59. The van der Waals surface area contributed by atoms with Gasteiger partial charge in [0.1, 0.15) is 5.82 Å². The number of aromatic nitrogens is 2. The minimum absolute atomic E-state index is 0.145. The van der Waals surface area contributed by atoms with Crippen LogP contribution in [0.5, 0.6) is 0 Å². The summed E-state index contributed by atoms with van der Waals surface area (Å²) in [5.74, 6) is 1.91. The van der Waals surface area contributed by atoms with Crippen molar-refractivity contribution in [2.45, 2.75) is 52.4 Å². The van der Waals surface area contributed by atoms with E-state index in [4.69, 9.17) is 14.7 Å². The largest absolute Gasteiger partial charge is 0.372 e. The number of carbonyl (C=O) groups excluding carboxylic acids is 1. The van der Waals surface area contributed by atoms with Crippen molar-refractivity contribution in [3.63, 3.8) is 0 Å². The zero-order valence-electron chi connectivity index (χ0n) is 16.9. The summed E-state index contributed by atoms with van der Waals surface area (Å²) < 4.78 is 5.92. The highest BCUT2D eigenvalue weighted by atomic mass is 16.5. The van der Waals surface area contributed by atoms with Gasteiger partial charge in [0, 0.05) is 43.6 Å². The van der Waals surface area contributed by atoms with Crippen LogP contribution >= 0.6 is 0 Å². The van der Waals surface area contributed by atoms with Crippen molar-refractivity contribution >= 4 is 11.7 Å². The average Bonchev–Trinajstić information content (AvgIpc) is 2.72. The molecule has 1 saturated heterocycles. The van der Waals surface area contributed by atoms with Crippen molar-refractivity contribution < 1.29 is 9.53 Å². The van der Waals surface area contributed by atoms with E-state index >= 15 is 0 Å². The Labute approximate surface area is 166 Å². The standard InChI is InChI=1S/C22H28N4O2/c1-4-20(27)25-11-10-19-18(14-25)22(26-12-15(2)28-16(3)13-26)24-21(23-19)17-8-6-5-7-9-17/h5-9,15-16H,4,10-14H2,1-3H3/t15-,16-/m0/s1. The highest BCUT2D eigenvalue weighted by Gasteiger charge is 2.30. The molecule has 2 aliphatic heterocycles. The van der Waals surface area contributed by atoms with E-state index in [0.29, 0.717) is 13.0 Å². The predicted molar refractivity (Wildman–Crippen MR) is 109 cm³/mol. The Balaban J connectivity index is 1.78. The molecular formula is C22H28N4O2. The Morgan fingerprint density at radius 1 is 1.14 bits per heavy atom. The predicted octanol–water partition coefficient (Wildman–Crippen LogP) is 3.05. The fourth-order valence-corrected chi connectivity index (χ4v) is 4.16. The first-order valence-electron chi connectivity index (χ1n) is 10.2. The topological polar surface area (TPSA) is 58.6 Å². The molecule has 1 aromatic heterocycles. The Bertz CT molecular complexity index is 845. The second kappa shape index (κ2) is 7.87. The summed E-state index contributed by atoms with van der Waals surface area (Å²) in [5, 5.41) is 0. The fraction of sp³-hybridized carbons (Fsp3) is 0.500. The quantitative estimate of drug-likeness (QED) is 0.819. The van der Waals surface area contributed by atoms with Crippen LogP contribution in [0.4, 0.5) is 5.82 Å². The Hall–Kier alpha value is -2.47. The summed E-state index contributed by atoms with van der Waals surface area (Å²) in [4.78, 5) is 26.4. The van der Waals surface area contributed by atoms with Gasteiger partial charge < -0.3 is 14.5 Å². The van der Waals surface area contributed by atoms with Crippen molar-refractivity contribution in [3.8, 4) is 11.4 Å². The Morgan fingerprint density at radius 3 is 2.54 bits per heavy atom. The number of ether oxygens (including phenoxy) is 1. The lowest BCUT2D eigenvalue weighted by atomic mass is 10.0. The maximum Gasteiger partial charge on any atom is 0.222 e. The number of rotatable bonds is 3. The van der Waals surface area contributed by atoms with E-state index in [9.17, 15) is 4.79 Å². The molecule has 2 aliphatic rings. The van der Waals surface area contributed by atoms with Crippen LogP contribution in [0, 0.1) is 0 Å². The van der Waals surface area contributed by atoms with Crippen molar-refractivity contribution in [2.24, 2.45) is 0 Å². The van der Waals surface area contributed by atoms with E-state index in [1.54, 1.807) is 0 Å². The van der Waals surface area contributed by atoms with Gasteiger partial charge in [-0.15, -0.1) is 0 Å². The van der Waals surface area contributed by atoms with Crippen LogP contribution in [0.25, 0.3) is 11.4 Å². The monoisotopic (exact) mass is 380 g/mol. The molecule has 0 bridgehead atoms. The van der Waals surface area contributed by atoms with E-state index in [2.05, 4.69) is 18.7 Å². The molecule has 0 spiro atoms. The average molecular weight is 380 g/mol. The van der Waals surface area contributed by atoms with Gasteiger partial charge >= 0.3 is 0 Å². The Kier molecular flexibility index (Phi) is 5.31. The molecule has 1 amide bonds. The number of nitrogens with zero attached hydrogens (tertiary/aromatic N) is 4. The van der Waals surface area contributed by atoms with Gasteiger partial charge in [-0.2, -0.15) is 0 Å². The molecule has 2 atom stereocenters. The molecule has 0 aliphatic carbocycles. The molecule has 0 saturated carbocycles. The molecule has 6 nitrogen and oxygen atoms in total. The third-order valence-electron chi connectivity index (χ3n) is 5.44. The second-order valence-corrected chi connectivity index (χ2v) is 7.74. The second-order valence-electron chi connectivity index (χ2n) is 7.74. The van der Waals surface area contributed by atoms with Crippen LogP contribution in [0.2, 0.25) is 0 Å². The number of carbonyl (C=O) groups is 1.